The Morgan fingerprint density at radius 3 is 2.40 bits per heavy atom. The van der Waals surface area contributed by atoms with Crippen LogP contribution in [0.25, 0.3) is 0 Å². The lowest BCUT2D eigenvalue weighted by molar-refractivity contribution is -0.117. The molecular formula is C25H39N3O2. The van der Waals surface area contributed by atoms with Crippen LogP contribution < -0.4 is 15.5 Å². The van der Waals surface area contributed by atoms with Gasteiger partial charge in [-0.1, -0.05) is 34.6 Å². The van der Waals surface area contributed by atoms with Gasteiger partial charge in [-0.2, -0.15) is 0 Å². The van der Waals surface area contributed by atoms with Gasteiger partial charge in [-0.3, -0.25) is 9.59 Å². The molecule has 0 aromatic heterocycles. The Labute approximate surface area is 182 Å². The van der Waals surface area contributed by atoms with Crippen molar-refractivity contribution in [1.82, 2.24) is 5.32 Å². The summed E-state index contributed by atoms with van der Waals surface area (Å²) < 4.78 is 0. The minimum absolute atomic E-state index is 0.0137. The number of hydrogen-bond donors (Lipinski definition) is 2. The van der Waals surface area contributed by atoms with Crippen molar-refractivity contribution in [3.63, 3.8) is 0 Å². The molecule has 1 saturated carbocycles. The van der Waals surface area contributed by atoms with E-state index in [1.165, 1.54) is 0 Å². The highest BCUT2D eigenvalue weighted by molar-refractivity contribution is 6.02. The predicted molar refractivity (Wildman–Crippen MR) is 124 cm³/mol. The molecule has 5 nitrogen and oxygen atoms in total. The van der Waals surface area contributed by atoms with Crippen molar-refractivity contribution in [2.45, 2.75) is 79.2 Å². The van der Waals surface area contributed by atoms with E-state index in [1.54, 1.807) is 0 Å². The molecule has 166 valence electrons. The Hall–Kier alpha value is -2.04. The average Bonchev–Trinajstić information content (AvgIpc) is 3.44. The number of amides is 2. The van der Waals surface area contributed by atoms with Crippen molar-refractivity contribution >= 4 is 23.2 Å². The van der Waals surface area contributed by atoms with E-state index in [9.17, 15) is 9.59 Å². The molecule has 0 unspecified atom stereocenters. The molecule has 30 heavy (non-hydrogen) atoms. The fraction of sp³-hybridized carbons (Fsp3) is 0.680. The molecule has 1 aliphatic heterocycles. The summed E-state index contributed by atoms with van der Waals surface area (Å²) in [6.45, 7) is 13.0. The largest absolute Gasteiger partial charge is 0.371 e. The SMILES string of the molecule is CC1CCN(c2ccc(NC(=O)C[C@H](C)CC(C)(C)C)cc2C(=O)NC2CC2)CC1. The molecule has 1 aromatic rings. The first-order valence-electron chi connectivity index (χ1n) is 11.6. The van der Waals surface area contributed by atoms with Gasteiger partial charge < -0.3 is 15.5 Å². The molecule has 1 aliphatic carbocycles. The van der Waals surface area contributed by atoms with Gasteiger partial charge in [-0.15, -0.1) is 0 Å². The molecule has 0 radical (unpaired) electrons. The third-order valence-corrected chi connectivity index (χ3v) is 6.06. The third-order valence-electron chi connectivity index (χ3n) is 6.06. The minimum atomic E-state index is -0.0247. The smallest absolute Gasteiger partial charge is 0.253 e. The van der Waals surface area contributed by atoms with Crippen LogP contribution in [0, 0.1) is 17.3 Å². The summed E-state index contributed by atoms with van der Waals surface area (Å²) in [4.78, 5) is 27.8. The summed E-state index contributed by atoms with van der Waals surface area (Å²) in [7, 11) is 0. The molecule has 1 saturated heterocycles. The van der Waals surface area contributed by atoms with E-state index in [4.69, 9.17) is 0 Å². The highest BCUT2D eigenvalue weighted by atomic mass is 16.2. The predicted octanol–water partition coefficient (Wildman–Crippen LogP) is 5.22. The van der Waals surface area contributed by atoms with Crippen molar-refractivity contribution in [2.24, 2.45) is 17.3 Å². The molecule has 2 aliphatic rings. The highest BCUT2D eigenvalue weighted by Crippen LogP contribution is 2.30. The number of nitrogens with one attached hydrogen (secondary N) is 2. The molecule has 1 atom stereocenters. The Bertz CT molecular complexity index is 756. The van der Waals surface area contributed by atoms with Gasteiger partial charge in [0.2, 0.25) is 5.91 Å². The third kappa shape index (κ3) is 6.75. The number of anilines is 2. The normalized spacial score (nSPS) is 18.8. The summed E-state index contributed by atoms with van der Waals surface area (Å²) in [5.41, 5.74) is 2.58. The van der Waals surface area contributed by atoms with Crippen molar-refractivity contribution in [1.29, 1.82) is 0 Å². The zero-order valence-electron chi connectivity index (χ0n) is 19.4. The van der Waals surface area contributed by atoms with Crippen molar-refractivity contribution in [3.8, 4) is 0 Å². The fourth-order valence-corrected chi connectivity index (χ4v) is 4.46. The number of rotatable bonds is 7. The number of carbonyl (C=O) groups is 2. The maximum atomic E-state index is 12.9. The first-order chi connectivity index (χ1) is 14.1. The van der Waals surface area contributed by atoms with Gasteiger partial charge in [0, 0.05) is 36.9 Å². The Balaban J connectivity index is 1.72. The van der Waals surface area contributed by atoms with Gasteiger partial charge in [0.05, 0.1) is 5.56 Å². The van der Waals surface area contributed by atoms with Gasteiger partial charge in [0.15, 0.2) is 0 Å². The van der Waals surface area contributed by atoms with Crippen molar-refractivity contribution in [3.05, 3.63) is 23.8 Å². The molecule has 0 bridgehead atoms. The summed E-state index contributed by atoms with van der Waals surface area (Å²) in [6, 6.07) is 6.11. The molecular weight excluding hydrogens is 374 g/mol. The summed E-state index contributed by atoms with van der Waals surface area (Å²) in [5, 5.41) is 6.14. The van der Waals surface area contributed by atoms with E-state index in [2.05, 4.69) is 50.2 Å². The van der Waals surface area contributed by atoms with E-state index < -0.39 is 0 Å². The van der Waals surface area contributed by atoms with Crippen LogP contribution in [0.2, 0.25) is 0 Å². The molecule has 5 heteroatoms. The number of nitrogens with zero attached hydrogens (tertiary/aromatic N) is 1. The molecule has 2 fully saturated rings. The van der Waals surface area contributed by atoms with Gasteiger partial charge >= 0.3 is 0 Å². The second kappa shape index (κ2) is 9.40. The van der Waals surface area contributed by atoms with Crippen LogP contribution in [0.3, 0.4) is 0 Å². The lowest BCUT2D eigenvalue weighted by Crippen LogP contribution is -2.35. The van der Waals surface area contributed by atoms with Crippen LogP contribution in [-0.2, 0) is 4.79 Å². The van der Waals surface area contributed by atoms with Crippen LogP contribution in [0.15, 0.2) is 18.2 Å². The number of hydrogen-bond acceptors (Lipinski definition) is 3. The van der Waals surface area contributed by atoms with E-state index in [1.807, 2.05) is 18.2 Å². The maximum Gasteiger partial charge on any atom is 0.253 e. The van der Waals surface area contributed by atoms with E-state index >= 15 is 0 Å². The Morgan fingerprint density at radius 2 is 1.80 bits per heavy atom. The zero-order chi connectivity index (χ0) is 21.9. The topological polar surface area (TPSA) is 61.4 Å². The van der Waals surface area contributed by atoms with E-state index in [0.717, 1.165) is 56.8 Å². The number of carbonyl (C=O) groups excluding carboxylic acids is 2. The Kier molecular flexibility index (Phi) is 7.10. The van der Waals surface area contributed by atoms with Crippen LogP contribution in [-0.4, -0.2) is 30.9 Å². The molecule has 1 aromatic carbocycles. The minimum Gasteiger partial charge on any atom is -0.371 e. The molecule has 3 rings (SSSR count). The lowest BCUT2D eigenvalue weighted by atomic mass is 9.84. The van der Waals surface area contributed by atoms with Gasteiger partial charge in [-0.05, 0) is 67.6 Å². The zero-order valence-corrected chi connectivity index (χ0v) is 19.4. The molecule has 2 amide bonds. The molecule has 0 spiro atoms. The monoisotopic (exact) mass is 413 g/mol. The van der Waals surface area contributed by atoms with Crippen molar-refractivity contribution in [2.75, 3.05) is 23.3 Å². The Morgan fingerprint density at radius 1 is 1.13 bits per heavy atom. The van der Waals surface area contributed by atoms with Crippen LogP contribution >= 0.6 is 0 Å². The summed E-state index contributed by atoms with van der Waals surface area (Å²) >= 11 is 0. The van der Waals surface area contributed by atoms with E-state index in [-0.39, 0.29) is 17.2 Å². The maximum absolute atomic E-state index is 12.9. The standard InChI is InChI=1S/C25H39N3O2/c1-17-10-12-28(13-11-17)22-9-8-20(15-21(22)24(30)27-19-6-7-19)26-23(29)14-18(2)16-25(3,4)5/h8-9,15,17-19H,6-7,10-14,16H2,1-5H3,(H,26,29)(H,27,30)/t18-/m0/s1. The van der Waals surface area contributed by atoms with Gasteiger partial charge in [-0.25, -0.2) is 0 Å². The van der Waals surface area contributed by atoms with Crippen LogP contribution in [0.4, 0.5) is 11.4 Å². The average molecular weight is 414 g/mol. The molecule has 1 heterocycles. The highest BCUT2D eigenvalue weighted by Gasteiger charge is 2.27. The number of piperidine rings is 1. The summed E-state index contributed by atoms with van der Waals surface area (Å²) in [5.74, 6) is 1.04. The lowest BCUT2D eigenvalue weighted by Gasteiger charge is -2.33. The van der Waals surface area contributed by atoms with Crippen LogP contribution in [0.1, 0.15) is 83.5 Å². The number of benzene rings is 1. The van der Waals surface area contributed by atoms with Gasteiger partial charge in [0.1, 0.15) is 0 Å². The second-order valence-electron chi connectivity index (χ2n) is 10.8. The van der Waals surface area contributed by atoms with Crippen molar-refractivity contribution < 1.29 is 9.59 Å². The quantitative estimate of drug-likeness (QED) is 0.644. The first kappa shape index (κ1) is 22.6. The first-order valence-corrected chi connectivity index (χ1v) is 11.6. The molecule has 2 N–H and O–H groups in total. The van der Waals surface area contributed by atoms with E-state index in [0.29, 0.717) is 29.6 Å². The fourth-order valence-electron chi connectivity index (χ4n) is 4.46. The van der Waals surface area contributed by atoms with Gasteiger partial charge in [0.25, 0.3) is 5.91 Å². The van der Waals surface area contributed by atoms with Crippen LogP contribution in [0.5, 0.6) is 0 Å². The summed E-state index contributed by atoms with van der Waals surface area (Å²) in [6.07, 6.45) is 5.91. The second-order valence-corrected chi connectivity index (χ2v) is 10.8.